The van der Waals surface area contributed by atoms with Crippen molar-refractivity contribution < 1.29 is 23.8 Å². The Labute approximate surface area is 156 Å². The maximum absolute atomic E-state index is 12.5. The Morgan fingerprint density at radius 3 is 2.48 bits per heavy atom. The molecule has 1 aliphatic rings. The maximum atomic E-state index is 12.5. The molecule has 2 aromatic rings. The normalized spacial score (nSPS) is 14.3. The topological polar surface area (TPSA) is 95.8 Å². The summed E-state index contributed by atoms with van der Waals surface area (Å²) in [6.07, 6.45) is 3.87. The summed E-state index contributed by atoms with van der Waals surface area (Å²) < 4.78 is 17.0. The molecule has 0 bridgehead atoms. The Bertz CT molecular complexity index is 876. The van der Waals surface area contributed by atoms with E-state index >= 15 is 0 Å². The summed E-state index contributed by atoms with van der Waals surface area (Å²) in [5, 5.41) is 7.63. The number of aryl methyl sites for hydroxylation is 1. The standard InChI is InChI=1S/C18H20N4O5/c1-4-12-5-6-13(21-9-19-20-10-21)7-15(12)22-11-27-8-14(17(23)25-2)16(22)18(24)26-3/h5-7,9-10H,4,8,11H2,1-3H3. The van der Waals surface area contributed by atoms with E-state index in [-0.39, 0.29) is 24.6 Å². The number of benzene rings is 1. The number of methoxy groups -OCH3 is 2. The molecular formula is C18H20N4O5. The highest BCUT2D eigenvalue weighted by atomic mass is 16.5. The number of hydrogen-bond donors (Lipinski definition) is 0. The third-order valence-electron chi connectivity index (χ3n) is 4.29. The minimum Gasteiger partial charge on any atom is -0.466 e. The van der Waals surface area contributed by atoms with Gasteiger partial charge >= 0.3 is 11.9 Å². The number of rotatable bonds is 5. The zero-order chi connectivity index (χ0) is 19.4. The third kappa shape index (κ3) is 3.54. The summed E-state index contributed by atoms with van der Waals surface area (Å²) in [7, 11) is 2.53. The van der Waals surface area contributed by atoms with Crippen molar-refractivity contribution in [3.8, 4) is 5.69 Å². The van der Waals surface area contributed by atoms with E-state index in [0.717, 1.165) is 23.4 Å². The van der Waals surface area contributed by atoms with Crippen LogP contribution >= 0.6 is 0 Å². The molecule has 0 atom stereocenters. The van der Waals surface area contributed by atoms with E-state index in [1.165, 1.54) is 14.2 Å². The highest BCUT2D eigenvalue weighted by Crippen LogP contribution is 2.31. The fourth-order valence-electron chi connectivity index (χ4n) is 2.93. The van der Waals surface area contributed by atoms with E-state index in [4.69, 9.17) is 14.2 Å². The van der Waals surface area contributed by atoms with Crippen molar-refractivity contribution >= 4 is 17.6 Å². The summed E-state index contributed by atoms with van der Waals surface area (Å²) in [4.78, 5) is 26.3. The largest absolute Gasteiger partial charge is 0.466 e. The van der Waals surface area contributed by atoms with Crippen LogP contribution in [0.2, 0.25) is 0 Å². The number of carbonyl (C=O) groups excluding carboxylic acids is 2. The molecule has 1 aliphatic heterocycles. The smallest absolute Gasteiger partial charge is 0.355 e. The van der Waals surface area contributed by atoms with Crippen LogP contribution in [0, 0.1) is 0 Å². The first-order valence-electron chi connectivity index (χ1n) is 8.33. The molecule has 1 aromatic carbocycles. The monoisotopic (exact) mass is 372 g/mol. The van der Waals surface area contributed by atoms with Crippen LogP contribution in [0.5, 0.6) is 0 Å². The highest BCUT2D eigenvalue weighted by molar-refractivity contribution is 6.03. The lowest BCUT2D eigenvalue weighted by Gasteiger charge is -2.32. The van der Waals surface area contributed by atoms with Gasteiger partial charge in [-0.05, 0) is 24.1 Å². The molecule has 9 nitrogen and oxygen atoms in total. The summed E-state index contributed by atoms with van der Waals surface area (Å²) in [5.41, 5.74) is 2.74. The molecule has 0 radical (unpaired) electrons. The zero-order valence-electron chi connectivity index (χ0n) is 15.3. The van der Waals surface area contributed by atoms with E-state index in [2.05, 4.69) is 10.2 Å². The Morgan fingerprint density at radius 1 is 1.15 bits per heavy atom. The van der Waals surface area contributed by atoms with Gasteiger partial charge < -0.3 is 19.1 Å². The molecule has 2 heterocycles. The van der Waals surface area contributed by atoms with Crippen molar-refractivity contribution in [1.82, 2.24) is 14.8 Å². The van der Waals surface area contributed by atoms with Gasteiger partial charge in [-0.3, -0.25) is 4.57 Å². The summed E-state index contributed by atoms with van der Waals surface area (Å²) in [5.74, 6) is -1.26. The predicted molar refractivity (Wildman–Crippen MR) is 95.1 cm³/mol. The zero-order valence-corrected chi connectivity index (χ0v) is 15.3. The van der Waals surface area contributed by atoms with Crippen molar-refractivity contribution in [2.24, 2.45) is 0 Å². The van der Waals surface area contributed by atoms with Crippen molar-refractivity contribution in [3.05, 3.63) is 47.7 Å². The molecule has 142 valence electrons. The second-order valence-electron chi connectivity index (χ2n) is 5.75. The third-order valence-corrected chi connectivity index (χ3v) is 4.29. The van der Waals surface area contributed by atoms with Crippen LogP contribution in [0.4, 0.5) is 5.69 Å². The molecule has 0 unspecified atom stereocenters. The fourth-order valence-corrected chi connectivity index (χ4v) is 2.93. The molecule has 0 amide bonds. The van der Waals surface area contributed by atoms with Crippen LogP contribution in [0.1, 0.15) is 12.5 Å². The van der Waals surface area contributed by atoms with E-state index in [0.29, 0.717) is 0 Å². The number of esters is 2. The number of ether oxygens (including phenoxy) is 3. The van der Waals surface area contributed by atoms with Crippen LogP contribution in [-0.2, 0) is 30.2 Å². The first-order chi connectivity index (χ1) is 13.1. The number of nitrogens with zero attached hydrogens (tertiary/aromatic N) is 4. The van der Waals surface area contributed by atoms with Gasteiger partial charge in [-0.2, -0.15) is 0 Å². The Balaban J connectivity index is 2.16. The second kappa shape index (κ2) is 8.00. The first-order valence-corrected chi connectivity index (χ1v) is 8.33. The molecule has 0 saturated carbocycles. The minimum absolute atomic E-state index is 0.0276. The number of aromatic nitrogens is 3. The van der Waals surface area contributed by atoms with Crippen molar-refractivity contribution in [1.29, 1.82) is 0 Å². The number of carbonyl (C=O) groups is 2. The quantitative estimate of drug-likeness (QED) is 0.723. The Morgan fingerprint density at radius 2 is 1.85 bits per heavy atom. The minimum atomic E-state index is -0.631. The van der Waals surface area contributed by atoms with Gasteiger partial charge in [-0.25, -0.2) is 9.59 Å². The van der Waals surface area contributed by atoms with E-state index in [9.17, 15) is 9.59 Å². The molecule has 3 rings (SSSR count). The van der Waals surface area contributed by atoms with Gasteiger partial charge in [-0.15, -0.1) is 10.2 Å². The van der Waals surface area contributed by atoms with Crippen molar-refractivity contribution in [2.45, 2.75) is 13.3 Å². The fraction of sp³-hybridized carbons (Fsp3) is 0.333. The Hall–Kier alpha value is -3.20. The van der Waals surface area contributed by atoms with Crippen LogP contribution in [0.25, 0.3) is 5.69 Å². The summed E-state index contributed by atoms with van der Waals surface area (Å²) in [6.45, 7) is 2.08. The van der Waals surface area contributed by atoms with Gasteiger partial charge in [-0.1, -0.05) is 13.0 Å². The molecule has 9 heteroatoms. The van der Waals surface area contributed by atoms with Gasteiger partial charge in [0.25, 0.3) is 0 Å². The lowest BCUT2D eigenvalue weighted by Crippen LogP contribution is -2.39. The number of anilines is 1. The van der Waals surface area contributed by atoms with Gasteiger partial charge in [0.1, 0.15) is 25.1 Å². The maximum Gasteiger partial charge on any atom is 0.355 e. The van der Waals surface area contributed by atoms with Gasteiger partial charge in [0.15, 0.2) is 0 Å². The lowest BCUT2D eigenvalue weighted by molar-refractivity contribution is -0.140. The van der Waals surface area contributed by atoms with Gasteiger partial charge in [0.2, 0.25) is 0 Å². The SMILES string of the molecule is CCc1ccc(-n2cnnc2)cc1N1COCC(C(=O)OC)=C1C(=O)OC. The Kier molecular flexibility index (Phi) is 5.51. The van der Waals surface area contributed by atoms with Crippen molar-refractivity contribution in [2.75, 3.05) is 32.5 Å². The van der Waals surface area contributed by atoms with E-state index < -0.39 is 11.9 Å². The molecule has 0 N–H and O–H groups in total. The van der Waals surface area contributed by atoms with Crippen LogP contribution in [0.3, 0.4) is 0 Å². The average molecular weight is 372 g/mol. The first kappa shape index (κ1) is 18.6. The molecule has 0 fully saturated rings. The molecule has 27 heavy (non-hydrogen) atoms. The van der Waals surface area contributed by atoms with Crippen LogP contribution < -0.4 is 4.90 Å². The van der Waals surface area contributed by atoms with Gasteiger partial charge in [0, 0.05) is 5.69 Å². The average Bonchev–Trinajstić information content (AvgIpc) is 3.26. The molecule has 0 spiro atoms. The summed E-state index contributed by atoms with van der Waals surface area (Å²) >= 11 is 0. The molecule has 0 aliphatic carbocycles. The predicted octanol–water partition coefficient (Wildman–Crippen LogP) is 1.22. The molecular weight excluding hydrogens is 352 g/mol. The number of hydrogen-bond acceptors (Lipinski definition) is 8. The van der Waals surface area contributed by atoms with E-state index in [1.807, 2.05) is 25.1 Å². The lowest BCUT2D eigenvalue weighted by atomic mass is 10.1. The van der Waals surface area contributed by atoms with Crippen LogP contribution in [-0.4, -0.2) is 54.3 Å². The van der Waals surface area contributed by atoms with Crippen LogP contribution in [0.15, 0.2) is 42.1 Å². The highest BCUT2D eigenvalue weighted by Gasteiger charge is 2.33. The second-order valence-corrected chi connectivity index (χ2v) is 5.75. The molecule has 1 aromatic heterocycles. The van der Waals surface area contributed by atoms with Crippen molar-refractivity contribution in [3.63, 3.8) is 0 Å². The van der Waals surface area contributed by atoms with E-state index in [1.54, 1.807) is 22.1 Å². The summed E-state index contributed by atoms with van der Waals surface area (Å²) in [6, 6.07) is 5.76. The molecule has 0 saturated heterocycles. The van der Waals surface area contributed by atoms with Gasteiger partial charge in [0.05, 0.1) is 32.1 Å².